The molecule has 3 rings (SSSR count). The molecule has 2 N–H and O–H groups in total. The van der Waals surface area contributed by atoms with Gasteiger partial charge in [0.05, 0.1) is 0 Å². The average molecular weight is 346 g/mol. The molecule has 0 radical (unpaired) electrons. The molecule has 2 amide bonds. The molecule has 7 heteroatoms. The molecular weight excluding hydrogens is 323 g/mol. The fraction of sp³-hybridized carbons (Fsp3) is 0.500. The molecule has 0 aromatic heterocycles. The van der Waals surface area contributed by atoms with E-state index in [1.54, 1.807) is 6.07 Å². The number of hydrogen-bond acceptors (Lipinski definition) is 4. The van der Waals surface area contributed by atoms with Crippen molar-refractivity contribution in [1.29, 1.82) is 0 Å². The minimum absolute atomic E-state index is 0.160. The number of hydrazone groups is 1. The first-order valence-electron chi connectivity index (χ1n) is 8.71. The molecule has 1 aromatic carbocycles. The number of nitrogens with one attached hydrogen (secondary N) is 2. The summed E-state index contributed by atoms with van der Waals surface area (Å²) in [6.45, 7) is 2.94. The number of rotatable bonds is 5. The first-order chi connectivity index (χ1) is 12.1. The molecular formula is C18H23FN4O2. The number of carbonyl (C=O) groups is 2. The van der Waals surface area contributed by atoms with Crippen LogP contribution in [-0.4, -0.2) is 42.1 Å². The molecule has 134 valence electrons. The van der Waals surface area contributed by atoms with E-state index in [1.165, 1.54) is 6.07 Å². The van der Waals surface area contributed by atoms with Crippen molar-refractivity contribution in [2.45, 2.75) is 32.2 Å². The Bertz CT molecular complexity index is 677. The van der Waals surface area contributed by atoms with E-state index in [0.717, 1.165) is 25.9 Å². The third-order valence-electron chi connectivity index (χ3n) is 4.67. The maximum atomic E-state index is 13.8. The van der Waals surface area contributed by atoms with Crippen LogP contribution in [0.2, 0.25) is 0 Å². The first kappa shape index (κ1) is 17.5. The van der Waals surface area contributed by atoms with Crippen molar-refractivity contribution in [3.63, 3.8) is 0 Å². The van der Waals surface area contributed by atoms with Gasteiger partial charge in [-0.15, -0.1) is 0 Å². The van der Waals surface area contributed by atoms with Crippen LogP contribution in [0.3, 0.4) is 0 Å². The summed E-state index contributed by atoms with van der Waals surface area (Å²) in [5, 5.41) is 6.72. The third-order valence-corrected chi connectivity index (χ3v) is 4.67. The maximum absolute atomic E-state index is 13.8. The summed E-state index contributed by atoms with van der Waals surface area (Å²) in [5.74, 6) is -0.211. The van der Waals surface area contributed by atoms with Crippen molar-refractivity contribution in [3.8, 4) is 0 Å². The van der Waals surface area contributed by atoms with Gasteiger partial charge in [0.15, 0.2) is 0 Å². The highest BCUT2D eigenvalue weighted by Gasteiger charge is 2.23. The fourth-order valence-electron chi connectivity index (χ4n) is 3.31. The van der Waals surface area contributed by atoms with Crippen LogP contribution in [-0.2, 0) is 16.1 Å². The van der Waals surface area contributed by atoms with Crippen molar-refractivity contribution in [3.05, 3.63) is 35.6 Å². The second-order valence-corrected chi connectivity index (χ2v) is 6.64. The molecule has 6 nitrogen and oxygen atoms in total. The van der Waals surface area contributed by atoms with Gasteiger partial charge in [0.25, 0.3) is 5.91 Å². The summed E-state index contributed by atoms with van der Waals surface area (Å²) in [4.78, 5) is 25.4. The van der Waals surface area contributed by atoms with Gasteiger partial charge in [-0.1, -0.05) is 18.2 Å². The van der Waals surface area contributed by atoms with Crippen LogP contribution < -0.4 is 10.7 Å². The van der Waals surface area contributed by atoms with E-state index in [-0.39, 0.29) is 17.6 Å². The summed E-state index contributed by atoms with van der Waals surface area (Å²) >= 11 is 0. The molecule has 0 bridgehead atoms. The van der Waals surface area contributed by atoms with E-state index in [9.17, 15) is 14.0 Å². The number of hydrogen-bond donors (Lipinski definition) is 2. The number of benzene rings is 1. The van der Waals surface area contributed by atoms with Gasteiger partial charge in [0.2, 0.25) is 5.91 Å². The van der Waals surface area contributed by atoms with Crippen molar-refractivity contribution in [2.75, 3.05) is 19.6 Å². The number of carbonyl (C=O) groups excluding carboxylic acids is 2. The monoisotopic (exact) mass is 346 g/mol. The Morgan fingerprint density at radius 2 is 2.20 bits per heavy atom. The van der Waals surface area contributed by atoms with E-state index < -0.39 is 0 Å². The lowest BCUT2D eigenvalue weighted by Gasteiger charge is -2.33. The highest BCUT2D eigenvalue weighted by atomic mass is 19.1. The minimum Gasteiger partial charge on any atom is -0.351 e. The molecule has 0 saturated carbocycles. The minimum atomic E-state index is -0.216. The average Bonchev–Trinajstić information content (AvgIpc) is 2.63. The van der Waals surface area contributed by atoms with E-state index in [1.807, 2.05) is 12.1 Å². The molecule has 2 heterocycles. The molecule has 2 aliphatic rings. The summed E-state index contributed by atoms with van der Waals surface area (Å²) in [6.07, 6.45) is 2.75. The molecule has 1 aromatic rings. The fourth-order valence-corrected chi connectivity index (χ4v) is 3.31. The van der Waals surface area contributed by atoms with Gasteiger partial charge in [-0.2, -0.15) is 5.10 Å². The number of halogens is 1. The lowest BCUT2D eigenvalue weighted by molar-refractivity contribution is -0.121. The van der Waals surface area contributed by atoms with Crippen LogP contribution in [0.5, 0.6) is 0 Å². The number of nitrogens with zero attached hydrogens (tertiary/aromatic N) is 2. The maximum Gasteiger partial charge on any atom is 0.267 e. The first-order valence-corrected chi connectivity index (χ1v) is 8.71. The van der Waals surface area contributed by atoms with Crippen molar-refractivity contribution in [2.24, 2.45) is 11.0 Å². The Morgan fingerprint density at radius 1 is 1.36 bits per heavy atom. The zero-order chi connectivity index (χ0) is 17.6. The lowest BCUT2D eigenvalue weighted by atomic mass is 9.97. The zero-order valence-electron chi connectivity index (χ0n) is 14.1. The van der Waals surface area contributed by atoms with Gasteiger partial charge in [0, 0.05) is 38.0 Å². The number of likely N-dealkylation sites (tertiary alicyclic amines) is 1. The van der Waals surface area contributed by atoms with Gasteiger partial charge in [-0.25, -0.2) is 9.82 Å². The number of amides is 2. The highest BCUT2D eigenvalue weighted by molar-refractivity contribution is 6.39. The number of piperidine rings is 1. The standard InChI is InChI=1S/C18H23FN4O2/c19-15-6-2-1-5-14(15)12-23-9-3-4-13(11-23)10-20-18(25)16-7-8-17(24)22-21-16/h1-2,5-6,13H,3-4,7-12H2,(H,20,25)(H,22,24). The second kappa shape index (κ2) is 8.20. The topological polar surface area (TPSA) is 73.8 Å². The largest absolute Gasteiger partial charge is 0.351 e. The lowest BCUT2D eigenvalue weighted by Crippen LogP contribution is -2.43. The predicted octanol–water partition coefficient (Wildman–Crippen LogP) is 1.42. The van der Waals surface area contributed by atoms with E-state index in [0.29, 0.717) is 43.1 Å². The molecule has 1 fully saturated rings. The Hall–Kier alpha value is -2.28. The normalized spacial score (nSPS) is 21.4. The zero-order valence-corrected chi connectivity index (χ0v) is 14.1. The van der Waals surface area contributed by atoms with Crippen LogP contribution in [0.25, 0.3) is 0 Å². The Kier molecular flexibility index (Phi) is 5.75. The van der Waals surface area contributed by atoms with E-state index in [2.05, 4.69) is 20.7 Å². The van der Waals surface area contributed by atoms with Gasteiger partial charge in [-0.05, 0) is 31.4 Å². The summed E-state index contributed by atoms with van der Waals surface area (Å²) < 4.78 is 13.8. The summed E-state index contributed by atoms with van der Waals surface area (Å²) in [5.41, 5.74) is 3.42. The summed E-state index contributed by atoms with van der Waals surface area (Å²) in [6, 6.07) is 6.85. The molecule has 1 unspecified atom stereocenters. The van der Waals surface area contributed by atoms with Crippen LogP contribution in [0.15, 0.2) is 29.4 Å². The van der Waals surface area contributed by atoms with Gasteiger partial charge in [-0.3, -0.25) is 14.5 Å². The van der Waals surface area contributed by atoms with E-state index >= 15 is 0 Å². The van der Waals surface area contributed by atoms with Crippen LogP contribution >= 0.6 is 0 Å². The molecule has 1 atom stereocenters. The summed E-state index contributed by atoms with van der Waals surface area (Å²) in [7, 11) is 0. The Labute approximate surface area is 146 Å². The van der Waals surface area contributed by atoms with Crippen molar-refractivity contribution >= 4 is 17.5 Å². The highest BCUT2D eigenvalue weighted by Crippen LogP contribution is 2.19. The molecule has 0 aliphatic carbocycles. The van der Waals surface area contributed by atoms with Gasteiger partial charge < -0.3 is 5.32 Å². The van der Waals surface area contributed by atoms with E-state index in [4.69, 9.17) is 0 Å². The Morgan fingerprint density at radius 3 is 2.96 bits per heavy atom. The van der Waals surface area contributed by atoms with Crippen LogP contribution in [0.1, 0.15) is 31.2 Å². The van der Waals surface area contributed by atoms with Gasteiger partial charge in [0.1, 0.15) is 11.5 Å². The van der Waals surface area contributed by atoms with Crippen LogP contribution in [0, 0.1) is 11.7 Å². The quantitative estimate of drug-likeness (QED) is 0.847. The second-order valence-electron chi connectivity index (χ2n) is 6.64. The Balaban J connectivity index is 1.48. The van der Waals surface area contributed by atoms with Crippen molar-refractivity contribution < 1.29 is 14.0 Å². The van der Waals surface area contributed by atoms with Gasteiger partial charge >= 0.3 is 0 Å². The molecule has 2 aliphatic heterocycles. The molecule has 25 heavy (non-hydrogen) atoms. The third kappa shape index (κ3) is 4.85. The van der Waals surface area contributed by atoms with Crippen molar-refractivity contribution in [1.82, 2.24) is 15.6 Å². The van der Waals surface area contributed by atoms with Crippen LogP contribution in [0.4, 0.5) is 4.39 Å². The molecule has 1 saturated heterocycles. The molecule has 0 spiro atoms. The smallest absolute Gasteiger partial charge is 0.267 e. The SMILES string of the molecule is O=C1CCC(C(=O)NCC2CCCN(Cc3ccccc3F)C2)=NN1. The predicted molar refractivity (Wildman–Crippen MR) is 92.2 cm³/mol.